The van der Waals surface area contributed by atoms with Gasteiger partial charge in [0.2, 0.25) is 6.79 Å². The average molecular weight is 549 g/mol. The highest BCUT2D eigenvalue weighted by molar-refractivity contribution is 14.0. The number of nitrogens with zero attached hydrogens (tertiary/aromatic N) is 1. The second-order valence-electron chi connectivity index (χ2n) is 6.42. The Morgan fingerprint density at radius 1 is 1.06 bits per heavy atom. The molecule has 1 aliphatic rings. The molecule has 0 amide bonds. The van der Waals surface area contributed by atoms with Crippen molar-refractivity contribution in [1.82, 2.24) is 10.6 Å². The Morgan fingerprint density at radius 2 is 1.71 bits per heavy atom. The van der Waals surface area contributed by atoms with Crippen molar-refractivity contribution in [2.75, 3.05) is 20.4 Å². The number of benzene rings is 2. The van der Waals surface area contributed by atoms with Gasteiger partial charge in [-0.05, 0) is 24.1 Å². The van der Waals surface area contributed by atoms with Gasteiger partial charge in [-0.25, -0.2) is 0 Å². The number of fused-ring (bicyclic) bond motifs is 1. The highest BCUT2D eigenvalue weighted by Gasteiger charge is 2.20. The van der Waals surface area contributed by atoms with Crippen molar-refractivity contribution in [1.29, 1.82) is 0 Å². The predicted molar refractivity (Wildman–Crippen MR) is 123 cm³/mol. The minimum atomic E-state index is -2.94. The molecule has 0 aliphatic carbocycles. The minimum absolute atomic E-state index is 0. The van der Waals surface area contributed by atoms with Gasteiger partial charge in [0.05, 0.1) is 6.61 Å². The normalized spacial score (nSPS) is 12.5. The van der Waals surface area contributed by atoms with Gasteiger partial charge in [-0.1, -0.05) is 24.3 Å². The number of rotatable bonds is 9. The molecule has 0 atom stereocenters. The summed E-state index contributed by atoms with van der Waals surface area (Å²) in [5.74, 6) is 1.42. The third-order valence-electron chi connectivity index (χ3n) is 4.40. The van der Waals surface area contributed by atoms with E-state index in [1.807, 2.05) is 31.2 Å². The summed E-state index contributed by atoms with van der Waals surface area (Å²) in [6, 6.07) is 11.1. The number of aliphatic imine (C=N–C) groups is 1. The molecular formula is C21H26F2IN3O4. The first-order chi connectivity index (χ1) is 14.6. The maximum atomic E-state index is 12.8. The van der Waals surface area contributed by atoms with E-state index in [1.54, 1.807) is 13.1 Å². The standard InChI is InChI=1S/C21H25F2N3O4.HI/c1-3-27-12-15-6-4-14(5-7-15)10-25-21(24-2)26-11-16-8-18-19(29-13-28-18)9-17(16)30-20(22)23;/h4-9,20H,3,10-13H2,1-2H3,(H2,24,25,26);1H. The summed E-state index contributed by atoms with van der Waals surface area (Å²) in [4.78, 5) is 4.17. The molecule has 3 rings (SSSR count). The van der Waals surface area contributed by atoms with Gasteiger partial charge in [-0.2, -0.15) is 8.78 Å². The van der Waals surface area contributed by atoms with E-state index in [1.165, 1.54) is 6.07 Å². The molecule has 0 spiro atoms. The first kappa shape index (κ1) is 24.9. The Balaban J connectivity index is 0.00000341. The lowest BCUT2D eigenvalue weighted by Gasteiger charge is -2.15. The summed E-state index contributed by atoms with van der Waals surface area (Å²) in [6.45, 7) is 1.11. The van der Waals surface area contributed by atoms with Crippen molar-refractivity contribution in [2.24, 2.45) is 4.99 Å². The van der Waals surface area contributed by atoms with E-state index < -0.39 is 6.61 Å². The summed E-state index contributed by atoms with van der Waals surface area (Å²) in [5.41, 5.74) is 2.68. The molecule has 7 nitrogen and oxygen atoms in total. The fourth-order valence-corrected chi connectivity index (χ4v) is 2.87. The first-order valence-corrected chi connectivity index (χ1v) is 9.56. The van der Waals surface area contributed by atoms with Crippen LogP contribution in [0.2, 0.25) is 0 Å². The molecule has 170 valence electrons. The number of halogens is 3. The summed E-state index contributed by atoms with van der Waals surface area (Å²) < 4.78 is 46.1. The second kappa shape index (κ2) is 12.5. The maximum absolute atomic E-state index is 12.8. The van der Waals surface area contributed by atoms with E-state index in [0.717, 1.165) is 11.1 Å². The van der Waals surface area contributed by atoms with Crippen LogP contribution in [0.1, 0.15) is 23.6 Å². The van der Waals surface area contributed by atoms with Crippen LogP contribution in [-0.4, -0.2) is 33.0 Å². The van der Waals surface area contributed by atoms with Gasteiger partial charge in [0.1, 0.15) is 5.75 Å². The van der Waals surface area contributed by atoms with Crippen LogP contribution in [0, 0.1) is 0 Å². The number of hydrogen-bond donors (Lipinski definition) is 2. The average Bonchev–Trinajstić information content (AvgIpc) is 3.20. The van der Waals surface area contributed by atoms with Crippen LogP contribution in [0.3, 0.4) is 0 Å². The van der Waals surface area contributed by atoms with E-state index in [2.05, 4.69) is 20.4 Å². The summed E-state index contributed by atoms with van der Waals surface area (Å²) in [7, 11) is 1.64. The van der Waals surface area contributed by atoms with Crippen LogP contribution in [0.15, 0.2) is 41.4 Å². The summed E-state index contributed by atoms with van der Waals surface area (Å²) >= 11 is 0. The third kappa shape index (κ3) is 7.39. The number of guanidine groups is 1. The van der Waals surface area contributed by atoms with Crippen LogP contribution in [-0.2, 0) is 24.4 Å². The molecule has 0 fully saturated rings. The quantitative estimate of drug-likeness (QED) is 0.280. The zero-order chi connectivity index (χ0) is 21.3. The molecule has 0 aromatic heterocycles. The Labute approximate surface area is 197 Å². The lowest BCUT2D eigenvalue weighted by molar-refractivity contribution is -0.0505. The molecule has 2 aromatic carbocycles. The van der Waals surface area contributed by atoms with Crippen molar-refractivity contribution in [2.45, 2.75) is 33.2 Å². The van der Waals surface area contributed by atoms with Crippen LogP contribution in [0.25, 0.3) is 0 Å². The van der Waals surface area contributed by atoms with Gasteiger partial charge in [0.25, 0.3) is 0 Å². The molecule has 1 heterocycles. The van der Waals surface area contributed by atoms with Crippen molar-refractivity contribution in [3.05, 3.63) is 53.1 Å². The van der Waals surface area contributed by atoms with Crippen LogP contribution in [0.5, 0.6) is 17.2 Å². The SMILES string of the molecule is CCOCc1ccc(CNC(=NC)NCc2cc3c(cc2OC(F)F)OCO3)cc1.I. The highest BCUT2D eigenvalue weighted by Crippen LogP contribution is 2.38. The zero-order valence-corrected chi connectivity index (χ0v) is 19.7. The van der Waals surface area contributed by atoms with Gasteiger partial charge in [0, 0.05) is 38.4 Å². The Bertz CT molecular complexity index is 866. The number of alkyl halides is 2. The lowest BCUT2D eigenvalue weighted by Crippen LogP contribution is -2.36. The molecule has 2 aromatic rings. The van der Waals surface area contributed by atoms with E-state index >= 15 is 0 Å². The Hall–Kier alpha value is -2.34. The predicted octanol–water partition coefficient (Wildman–Crippen LogP) is 4.04. The minimum Gasteiger partial charge on any atom is -0.454 e. The molecule has 0 saturated heterocycles. The van der Waals surface area contributed by atoms with Gasteiger partial charge in [-0.15, -0.1) is 24.0 Å². The monoisotopic (exact) mass is 549 g/mol. The second-order valence-corrected chi connectivity index (χ2v) is 6.42. The highest BCUT2D eigenvalue weighted by atomic mass is 127. The molecule has 0 radical (unpaired) electrons. The van der Waals surface area contributed by atoms with Gasteiger partial charge in [-0.3, -0.25) is 4.99 Å². The van der Waals surface area contributed by atoms with E-state index in [9.17, 15) is 8.78 Å². The smallest absolute Gasteiger partial charge is 0.387 e. The third-order valence-corrected chi connectivity index (χ3v) is 4.40. The first-order valence-electron chi connectivity index (χ1n) is 9.56. The zero-order valence-electron chi connectivity index (χ0n) is 17.3. The fraction of sp³-hybridized carbons (Fsp3) is 0.381. The number of hydrogen-bond acceptors (Lipinski definition) is 5. The Morgan fingerprint density at radius 3 is 2.35 bits per heavy atom. The molecular weight excluding hydrogens is 523 g/mol. The van der Waals surface area contributed by atoms with Crippen LogP contribution < -0.4 is 24.8 Å². The van der Waals surface area contributed by atoms with Crippen molar-refractivity contribution in [3.63, 3.8) is 0 Å². The van der Waals surface area contributed by atoms with Crippen molar-refractivity contribution < 1.29 is 27.7 Å². The lowest BCUT2D eigenvalue weighted by atomic mass is 10.1. The van der Waals surface area contributed by atoms with Gasteiger partial charge >= 0.3 is 6.61 Å². The van der Waals surface area contributed by atoms with Crippen LogP contribution in [0.4, 0.5) is 8.78 Å². The molecule has 1 aliphatic heterocycles. The van der Waals surface area contributed by atoms with Crippen LogP contribution >= 0.6 is 24.0 Å². The molecule has 31 heavy (non-hydrogen) atoms. The van der Waals surface area contributed by atoms with Gasteiger partial charge < -0.3 is 29.6 Å². The fourth-order valence-electron chi connectivity index (χ4n) is 2.87. The number of nitrogens with one attached hydrogen (secondary N) is 2. The molecule has 2 N–H and O–H groups in total. The molecule has 10 heteroatoms. The molecule has 0 bridgehead atoms. The van der Waals surface area contributed by atoms with Crippen molar-refractivity contribution >= 4 is 29.9 Å². The van der Waals surface area contributed by atoms with Crippen molar-refractivity contribution in [3.8, 4) is 17.2 Å². The summed E-state index contributed by atoms with van der Waals surface area (Å²) in [6.07, 6.45) is 0. The van der Waals surface area contributed by atoms with E-state index in [0.29, 0.717) is 42.8 Å². The topological polar surface area (TPSA) is 73.3 Å². The van der Waals surface area contributed by atoms with Gasteiger partial charge in [0.15, 0.2) is 17.5 Å². The van der Waals surface area contributed by atoms with E-state index in [4.69, 9.17) is 14.2 Å². The Kier molecular flexibility index (Phi) is 10.0. The largest absolute Gasteiger partial charge is 0.454 e. The number of ether oxygens (including phenoxy) is 4. The summed E-state index contributed by atoms with van der Waals surface area (Å²) in [5, 5.41) is 6.29. The molecule has 0 saturated carbocycles. The molecule has 0 unspecified atom stereocenters. The van der Waals surface area contributed by atoms with E-state index in [-0.39, 0.29) is 43.1 Å². The maximum Gasteiger partial charge on any atom is 0.387 e.